The third kappa shape index (κ3) is 5.96. The monoisotopic (exact) mass is 657 g/mol. The number of thiazole rings is 1. The van der Waals surface area contributed by atoms with E-state index in [2.05, 4.69) is 15.3 Å². The number of halogens is 4. The number of amidine groups is 1. The number of fused-ring (bicyclic) bond motifs is 1. The minimum atomic E-state index is -3.33. The van der Waals surface area contributed by atoms with Gasteiger partial charge in [-0.1, -0.05) is 23.7 Å². The molecule has 4 atom stereocenters. The Morgan fingerprint density at radius 2 is 2.11 bits per heavy atom. The van der Waals surface area contributed by atoms with Crippen molar-refractivity contribution in [3.8, 4) is 0 Å². The lowest BCUT2D eigenvalue weighted by Crippen LogP contribution is -2.51. The Labute approximate surface area is 259 Å². The van der Waals surface area contributed by atoms with E-state index in [4.69, 9.17) is 21.2 Å². The summed E-state index contributed by atoms with van der Waals surface area (Å²) in [6, 6.07) is 0.582. The van der Waals surface area contributed by atoms with Gasteiger partial charge >= 0.3 is 11.9 Å². The maximum atomic E-state index is 15.6. The fourth-order valence-corrected chi connectivity index (χ4v) is 6.29. The van der Waals surface area contributed by atoms with Crippen LogP contribution in [-0.4, -0.2) is 99.9 Å². The van der Waals surface area contributed by atoms with Crippen molar-refractivity contribution in [2.24, 2.45) is 10.4 Å². The quantitative estimate of drug-likeness (QED) is 0.327. The molecule has 3 N–H and O–H groups in total. The van der Waals surface area contributed by atoms with E-state index in [0.29, 0.717) is 5.01 Å². The Morgan fingerprint density at radius 3 is 2.77 bits per heavy atom. The fraction of sp³-hybridized carbons (Fsp3) is 0.500. The molecular formula is C28H31ClF3N5O6S. The molecule has 0 unspecified atom stereocenters. The van der Waals surface area contributed by atoms with Crippen molar-refractivity contribution in [2.45, 2.75) is 50.9 Å². The molecule has 11 nitrogen and oxygen atoms in total. The summed E-state index contributed by atoms with van der Waals surface area (Å²) in [7, 11) is 0. The number of esters is 1. The number of β-amino-alcohol motifs (C(OH)–C–C–N with tert-alkyl or cyclic N) is 1. The molecule has 2 fully saturated rings. The maximum Gasteiger partial charge on any atom is 0.338 e. The van der Waals surface area contributed by atoms with E-state index >= 15 is 8.78 Å². The maximum absolute atomic E-state index is 15.6. The third-order valence-corrected chi connectivity index (χ3v) is 9.21. The first-order valence-corrected chi connectivity index (χ1v) is 15.0. The third-order valence-electron chi connectivity index (χ3n) is 8.03. The second-order valence-electron chi connectivity index (χ2n) is 11.2. The number of alkyl halides is 2. The molecule has 0 aliphatic carbocycles. The number of carbonyl (C=O) groups is 2. The average Bonchev–Trinajstić information content (AvgIpc) is 3.69. The molecule has 4 heterocycles. The predicted octanol–water partition coefficient (Wildman–Crippen LogP) is 3.25. The topological polar surface area (TPSA) is 137 Å². The van der Waals surface area contributed by atoms with E-state index < -0.39 is 66.4 Å². The van der Waals surface area contributed by atoms with Crippen LogP contribution in [0.4, 0.5) is 13.2 Å². The van der Waals surface area contributed by atoms with Crippen molar-refractivity contribution in [3.63, 3.8) is 0 Å². The van der Waals surface area contributed by atoms with Crippen molar-refractivity contribution < 1.29 is 42.5 Å². The molecule has 0 amide bonds. The molecule has 5 rings (SSSR count). The molecule has 3 aliphatic rings. The van der Waals surface area contributed by atoms with Crippen LogP contribution < -0.4 is 5.32 Å². The Hall–Kier alpha value is -3.08. The standard InChI is InChI=1S/C28H31ClF3N5O6S/c1-4-42-25(39)19-16(34-23(24-33-8-9-44-24)35-21(19)14-6-5-7-15(30)20(14)29)10-36-13-28(31,32)22-17(36)12-43-37(22)11-18(38)27(2,3)26(40)41/h5-9,17-18,21-22,38H,4,10-13H2,1-3H3,(H,34,35)(H,40,41)/t17-,18+,21-,22+/m0/s1. The number of nitrogens with one attached hydrogen (secondary N) is 1. The summed E-state index contributed by atoms with van der Waals surface area (Å²) >= 11 is 7.59. The molecule has 0 spiro atoms. The largest absolute Gasteiger partial charge is 0.481 e. The van der Waals surface area contributed by atoms with Crippen LogP contribution in [0.15, 0.2) is 46.0 Å². The van der Waals surface area contributed by atoms with Gasteiger partial charge in [0.05, 0.1) is 54.5 Å². The molecule has 16 heteroatoms. The van der Waals surface area contributed by atoms with Crippen molar-refractivity contribution >= 4 is 40.7 Å². The van der Waals surface area contributed by atoms with Gasteiger partial charge in [0.25, 0.3) is 5.92 Å². The van der Waals surface area contributed by atoms with E-state index in [-0.39, 0.29) is 47.5 Å². The second-order valence-corrected chi connectivity index (χ2v) is 12.5. The molecule has 2 aromatic rings. The first kappa shape index (κ1) is 32.3. The van der Waals surface area contributed by atoms with Gasteiger partial charge in [-0.3, -0.25) is 19.5 Å². The van der Waals surface area contributed by atoms with Crippen LogP contribution in [-0.2, 0) is 19.2 Å². The van der Waals surface area contributed by atoms with E-state index in [1.807, 2.05) is 0 Å². The highest BCUT2D eigenvalue weighted by Crippen LogP contribution is 2.43. The van der Waals surface area contributed by atoms with Crippen LogP contribution in [0.2, 0.25) is 5.02 Å². The van der Waals surface area contributed by atoms with Crippen LogP contribution in [0.1, 0.15) is 37.4 Å². The normalized spacial score (nSPS) is 24.5. The van der Waals surface area contributed by atoms with Gasteiger partial charge in [0, 0.05) is 29.4 Å². The number of carboxylic acids is 1. The Balaban J connectivity index is 1.51. The van der Waals surface area contributed by atoms with Crippen LogP contribution in [0.5, 0.6) is 0 Å². The highest BCUT2D eigenvalue weighted by Gasteiger charge is 2.61. The predicted molar refractivity (Wildman–Crippen MR) is 154 cm³/mol. The smallest absolute Gasteiger partial charge is 0.338 e. The molecule has 44 heavy (non-hydrogen) atoms. The average molecular weight is 658 g/mol. The molecule has 238 valence electrons. The number of aliphatic hydroxyl groups excluding tert-OH is 1. The van der Waals surface area contributed by atoms with Gasteiger partial charge in [-0.05, 0) is 26.8 Å². The zero-order valence-corrected chi connectivity index (χ0v) is 25.5. The number of aliphatic imine (C=N–C) groups is 1. The summed E-state index contributed by atoms with van der Waals surface area (Å²) in [4.78, 5) is 41.0. The molecule has 1 aromatic carbocycles. The number of likely N-dealkylation sites (tertiary alicyclic amines) is 1. The van der Waals surface area contributed by atoms with Crippen LogP contribution in [0, 0.1) is 11.2 Å². The van der Waals surface area contributed by atoms with E-state index in [1.165, 1.54) is 48.3 Å². The number of ether oxygens (including phenoxy) is 1. The Morgan fingerprint density at radius 1 is 1.36 bits per heavy atom. The molecule has 0 bridgehead atoms. The molecule has 0 radical (unpaired) electrons. The van der Waals surface area contributed by atoms with Gasteiger partial charge in [0.1, 0.15) is 17.9 Å². The summed E-state index contributed by atoms with van der Waals surface area (Å²) in [6.07, 6.45) is 0.0463. The van der Waals surface area contributed by atoms with Crippen LogP contribution in [0.25, 0.3) is 0 Å². The lowest BCUT2D eigenvalue weighted by atomic mass is 9.86. The first-order chi connectivity index (χ1) is 20.8. The van der Waals surface area contributed by atoms with Crippen molar-refractivity contribution in [3.05, 3.63) is 62.5 Å². The summed E-state index contributed by atoms with van der Waals surface area (Å²) in [6.45, 7) is 2.65. The first-order valence-electron chi connectivity index (χ1n) is 13.8. The minimum absolute atomic E-state index is 0.00652. The van der Waals surface area contributed by atoms with Gasteiger partial charge in [0.15, 0.2) is 10.8 Å². The highest BCUT2D eigenvalue weighted by molar-refractivity contribution is 7.11. The summed E-state index contributed by atoms with van der Waals surface area (Å²) in [5.41, 5.74) is -1.27. The number of aliphatic carboxylic acids is 1. The number of nitrogens with zero attached hydrogens (tertiary/aromatic N) is 4. The number of carboxylic acid groups (broad SMARTS) is 1. The van der Waals surface area contributed by atoms with Crippen LogP contribution >= 0.6 is 22.9 Å². The number of benzene rings is 1. The molecule has 1 aromatic heterocycles. The number of carbonyl (C=O) groups excluding carboxylic acids is 1. The van der Waals surface area contributed by atoms with Gasteiger partial charge in [-0.2, -0.15) is 5.06 Å². The van der Waals surface area contributed by atoms with Crippen LogP contribution in [0.3, 0.4) is 0 Å². The minimum Gasteiger partial charge on any atom is -0.481 e. The summed E-state index contributed by atoms with van der Waals surface area (Å²) in [5.74, 6) is -5.89. The SMILES string of the molecule is CCOC(=O)C1=C(CN2CC(F)(F)[C@H]3[C@@H]2CON3C[C@@H](O)C(C)(C)C(=O)O)NC(c2nccs2)=N[C@H]1c1cccc(F)c1Cl. The molecule has 0 saturated carbocycles. The van der Waals surface area contributed by atoms with Gasteiger partial charge < -0.3 is 20.3 Å². The number of aliphatic hydroxyl groups is 1. The number of rotatable bonds is 10. The lowest BCUT2D eigenvalue weighted by Gasteiger charge is -2.32. The number of hydrogen-bond donors (Lipinski definition) is 3. The number of hydrogen-bond acceptors (Lipinski definition) is 11. The van der Waals surface area contributed by atoms with E-state index in [0.717, 1.165) is 5.06 Å². The Bertz CT molecular complexity index is 1490. The van der Waals surface area contributed by atoms with Gasteiger partial charge in [-0.25, -0.2) is 22.9 Å². The Kier molecular flexibility index (Phi) is 9.08. The number of aromatic nitrogens is 1. The molecule has 2 saturated heterocycles. The zero-order valence-electron chi connectivity index (χ0n) is 24.0. The highest BCUT2D eigenvalue weighted by atomic mass is 35.5. The van der Waals surface area contributed by atoms with Crippen molar-refractivity contribution in [1.29, 1.82) is 0 Å². The second kappa shape index (κ2) is 12.4. The van der Waals surface area contributed by atoms with E-state index in [1.54, 1.807) is 18.5 Å². The van der Waals surface area contributed by atoms with E-state index in [9.17, 15) is 24.2 Å². The zero-order chi connectivity index (χ0) is 32.0. The molecule has 3 aliphatic heterocycles. The van der Waals surface area contributed by atoms with Gasteiger partial charge in [-0.15, -0.1) is 11.3 Å². The lowest BCUT2D eigenvalue weighted by molar-refractivity contribution is -0.202. The van der Waals surface area contributed by atoms with Gasteiger partial charge in [0.2, 0.25) is 0 Å². The van der Waals surface area contributed by atoms with Crippen molar-refractivity contribution in [2.75, 3.05) is 32.8 Å². The summed E-state index contributed by atoms with van der Waals surface area (Å²) in [5, 5.41) is 26.0. The fourth-order valence-electron chi connectivity index (χ4n) is 5.47. The van der Waals surface area contributed by atoms with Crippen molar-refractivity contribution in [1.82, 2.24) is 20.3 Å². The molecular weight excluding hydrogens is 627 g/mol. The number of hydroxylamine groups is 2. The summed E-state index contributed by atoms with van der Waals surface area (Å²) < 4.78 is 51.1.